The lowest BCUT2D eigenvalue weighted by Gasteiger charge is -2.37. The molecule has 148 valence electrons. The minimum atomic E-state index is -1.00. The fraction of sp³-hybridized carbons (Fsp3) is 0.500. The molecule has 1 fully saturated rings. The molecule has 0 unspecified atom stereocenters. The van der Waals surface area contributed by atoms with Crippen molar-refractivity contribution in [3.63, 3.8) is 0 Å². The molecule has 10 heteroatoms. The van der Waals surface area contributed by atoms with Crippen molar-refractivity contribution in [2.75, 3.05) is 6.54 Å². The molecule has 1 N–H and O–H groups in total. The zero-order valence-electron chi connectivity index (χ0n) is 15.9. The fourth-order valence-electron chi connectivity index (χ4n) is 3.35. The molecule has 1 saturated heterocycles. The maximum absolute atomic E-state index is 13.3. The summed E-state index contributed by atoms with van der Waals surface area (Å²) in [6.45, 7) is 6.04. The highest BCUT2D eigenvalue weighted by molar-refractivity contribution is 7.08. The van der Waals surface area contributed by atoms with Gasteiger partial charge in [0.15, 0.2) is 0 Å². The predicted octanol–water partition coefficient (Wildman–Crippen LogP) is 2.82. The highest BCUT2D eigenvalue weighted by Crippen LogP contribution is 2.33. The highest BCUT2D eigenvalue weighted by Gasteiger charge is 2.34. The Bertz CT molecular complexity index is 959. The maximum Gasteiger partial charge on any atom is 0.257 e. The third kappa shape index (κ3) is 3.59. The summed E-state index contributed by atoms with van der Waals surface area (Å²) in [5.74, 6) is 0.757. The lowest BCUT2D eigenvalue weighted by molar-refractivity contribution is 0.0603. The normalized spacial score (nSPS) is 20.5. The average Bonchev–Trinajstić information content (AvgIpc) is 3.40. The number of aliphatic hydroxyl groups is 1. The summed E-state index contributed by atoms with van der Waals surface area (Å²) in [6.07, 6.45) is 5.00. The van der Waals surface area contributed by atoms with E-state index in [1.807, 2.05) is 15.7 Å². The van der Waals surface area contributed by atoms with Gasteiger partial charge in [0.2, 0.25) is 0 Å². The third-order valence-corrected chi connectivity index (χ3v) is 6.75. The molecule has 1 amide bonds. The van der Waals surface area contributed by atoms with E-state index in [0.29, 0.717) is 28.6 Å². The standard InChI is InChI=1S/C18H22N6O2S2/c1-11-4-5-12(15-21-17(28-22-15)18(2,3)26)8-23(11)16(25)13-9-27-10-14(13)24-19-6-7-20-24/h6-7,9-12,26H,4-5,8H2,1-3H3/t11-,12-/m1/s1. The summed E-state index contributed by atoms with van der Waals surface area (Å²) in [5, 5.41) is 22.8. The number of thiophene rings is 1. The number of piperidine rings is 1. The number of carbonyl (C=O) groups excluding carboxylic acids is 1. The smallest absolute Gasteiger partial charge is 0.257 e. The van der Waals surface area contributed by atoms with E-state index in [4.69, 9.17) is 0 Å². The number of hydrogen-bond donors (Lipinski definition) is 1. The molecule has 1 aliphatic rings. The van der Waals surface area contributed by atoms with Gasteiger partial charge in [0.05, 0.1) is 18.0 Å². The van der Waals surface area contributed by atoms with Crippen molar-refractivity contribution in [2.24, 2.45) is 0 Å². The van der Waals surface area contributed by atoms with Gasteiger partial charge in [0, 0.05) is 29.3 Å². The van der Waals surface area contributed by atoms with E-state index in [1.54, 1.807) is 26.2 Å². The van der Waals surface area contributed by atoms with Crippen LogP contribution >= 0.6 is 22.9 Å². The van der Waals surface area contributed by atoms with Gasteiger partial charge in [-0.1, -0.05) is 0 Å². The molecule has 0 radical (unpaired) electrons. The molecule has 28 heavy (non-hydrogen) atoms. The van der Waals surface area contributed by atoms with Crippen molar-refractivity contribution in [3.05, 3.63) is 39.5 Å². The summed E-state index contributed by atoms with van der Waals surface area (Å²) in [6, 6.07) is 0.134. The molecule has 8 nitrogen and oxygen atoms in total. The van der Waals surface area contributed by atoms with Crippen molar-refractivity contribution in [1.82, 2.24) is 29.3 Å². The van der Waals surface area contributed by atoms with Gasteiger partial charge in [-0.3, -0.25) is 4.79 Å². The van der Waals surface area contributed by atoms with Crippen LogP contribution in [-0.4, -0.2) is 52.9 Å². The average molecular weight is 419 g/mol. The number of nitrogens with zero attached hydrogens (tertiary/aromatic N) is 6. The lowest BCUT2D eigenvalue weighted by Crippen LogP contribution is -2.45. The molecule has 0 saturated carbocycles. The van der Waals surface area contributed by atoms with Crippen molar-refractivity contribution in [2.45, 2.75) is 51.2 Å². The maximum atomic E-state index is 13.3. The molecule has 3 aromatic heterocycles. The number of amides is 1. The molecule has 3 aromatic rings. The molecule has 2 atom stereocenters. The van der Waals surface area contributed by atoms with Gasteiger partial charge in [-0.25, -0.2) is 4.98 Å². The minimum absolute atomic E-state index is 0.0244. The van der Waals surface area contributed by atoms with Crippen molar-refractivity contribution in [1.29, 1.82) is 0 Å². The SMILES string of the molecule is C[C@@H]1CC[C@@H](c2nsc(C(C)(C)O)n2)CN1C(=O)c1cscc1-n1nccn1. The number of likely N-dealkylation sites (tertiary alicyclic amines) is 1. The van der Waals surface area contributed by atoms with Crippen molar-refractivity contribution in [3.8, 4) is 5.69 Å². The molecule has 4 heterocycles. The second-order valence-electron chi connectivity index (χ2n) is 7.59. The Balaban J connectivity index is 1.57. The van der Waals surface area contributed by atoms with Gasteiger partial charge in [-0.05, 0) is 45.1 Å². The van der Waals surface area contributed by atoms with E-state index in [9.17, 15) is 9.90 Å². The second kappa shape index (κ2) is 7.34. The Hall–Kier alpha value is -2.17. The van der Waals surface area contributed by atoms with Crippen LogP contribution in [0.2, 0.25) is 0 Å². The molecule has 0 aromatic carbocycles. The van der Waals surface area contributed by atoms with Crippen LogP contribution in [0, 0.1) is 0 Å². The van der Waals surface area contributed by atoms with Crippen LogP contribution in [0.4, 0.5) is 0 Å². The largest absolute Gasteiger partial charge is 0.383 e. The Kier molecular flexibility index (Phi) is 5.02. The molecule has 0 spiro atoms. The number of aromatic nitrogens is 5. The first-order valence-electron chi connectivity index (χ1n) is 9.15. The number of hydrogen-bond acceptors (Lipinski definition) is 8. The van der Waals surface area contributed by atoms with E-state index in [-0.39, 0.29) is 17.9 Å². The Labute approximate surface area is 171 Å². The lowest BCUT2D eigenvalue weighted by atomic mass is 9.92. The number of rotatable bonds is 4. The van der Waals surface area contributed by atoms with E-state index in [2.05, 4.69) is 26.5 Å². The first-order valence-corrected chi connectivity index (χ1v) is 10.9. The van der Waals surface area contributed by atoms with E-state index >= 15 is 0 Å². The van der Waals surface area contributed by atoms with Gasteiger partial charge in [-0.15, -0.1) is 16.1 Å². The van der Waals surface area contributed by atoms with Gasteiger partial charge in [-0.2, -0.15) is 14.6 Å². The van der Waals surface area contributed by atoms with Gasteiger partial charge < -0.3 is 10.0 Å². The summed E-state index contributed by atoms with van der Waals surface area (Å²) >= 11 is 2.69. The quantitative estimate of drug-likeness (QED) is 0.700. The van der Waals surface area contributed by atoms with Gasteiger partial charge >= 0.3 is 0 Å². The summed E-state index contributed by atoms with van der Waals surface area (Å²) in [5.41, 5.74) is 0.304. The topological polar surface area (TPSA) is 97.0 Å². The van der Waals surface area contributed by atoms with E-state index in [1.165, 1.54) is 27.7 Å². The van der Waals surface area contributed by atoms with Crippen LogP contribution in [0.1, 0.15) is 60.7 Å². The van der Waals surface area contributed by atoms with Crippen LogP contribution in [0.3, 0.4) is 0 Å². The summed E-state index contributed by atoms with van der Waals surface area (Å²) in [7, 11) is 0. The molecule has 4 rings (SSSR count). The second-order valence-corrected chi connectivity index (χ2v) is 9.08. The van der Waals surface area contributed by atoms with Crippen LogP contribution in [0.25, 0.3) is 5.69 Å². The Morgan fingerprint density at radius 3 is 2.68 bits per heavy atom. The molecule has 0 aliphatic carbocycles. The third-order valence-electron chi connectivity index (χ3n) is 4.98. The molecular weight excluding hydrogens is 396 g/mol. The van der Waals surface area contributed by atoms with Crippen LogP contribution in [-0.2, 0) is 5.60 Å². The zero-order valence-corrected chi connectivity index (χ0v) is 17.6. The zero-order chi connectivity index (χ0) is 19.9. The van der Waals surface area contributed by atoms with E-state index < -0.39 is 5.60 Å². The molecular formula is C18H22N6O2S2. The summed E-state index contributed by atoms with van der Waals surface area (Å²) in [4.78, 5) is 21.2. The first-order chi connectivity index (χ1) is 13.3. The Morgan fingerprint density at radius 2 is 2.00 bits per heavy atom. The van der Waals surface area contributed by atoms with E-state index in [0.717, 1.165) is 12.8 Å². The van der Waals surface area contributed by atoms with Crippen molar-refractivity contribution < 1.29 is 9.90 Å². The van der Waals surface area contributed by atoms with Crippen LogP contribution in [0.5, 0.6) is 0 Å². The van der Waals surface area contributed by atoms with Gasteiger partial charge in [0.25, 0.3) is 5.91 Å². The molecule has 1 aliphatic heterocycles. The minimum Gasteiger partial charge on any atom is -0.383 e. The monoisotopic (exact) mass is 418 g/mol. The molecule has 0 bridgehead atoms. The van der Waals surface area contributed by atoms with Crippen LogP contribution < -0.4 is 0 Å². The first kappa shape index (κ1) is 19.2. The Morgan fingerprint density at radius 1 is 1.25 bits per heavy atom. The summed E-state index contributed by atoms with van der Waals surface area (Å²) < 4.78 is 4.46. The van der Waals surface area contributed by atoms with Gasteiger partial charge in [0.1, 0.15) is 22.1 Å². The highest BCUT2D eigenvalue weighted by atomic mass is 32.1. The van der Waals surface area contributed by atoms with Crippen LogP contribution in [0.15, 0.2) is 23.2 Å². The number of carbonyl (C=O) groups is 1. The van der Waals surface area contributed by atoms with Crippen molar-refractivity contribution >= 4 is 28.8 Å². The predicted molar refractivity (Wildman–Crippen MR) is 107 cm³/mol. The fourth-order valence-corrected chi connectivity index (χ4v) is 4.85.